The number of hydrogen-bond acceptors (Lipinski definition) is 3. The van der Waals surface area contributed by atoms with Crippen LogP contribution in [-0.4, -0.2) is 29.8 Å². The van der Waals surface area contributed by atoms with Gasteiger partial charge in [0.25, 0.3) is 0 Å². The standard InChI is InChI=1S/C22H21NO4/c24-21(25)20(15-18-11-6-10-17-9-4-5-12-19(17)18)23-22(26)27-14-13-16-7-2-1-3-8-16/h1-12,20H,13-15H2,(H,23,26)(H,24,25)/t20-/m0/s1. The molecule has 3 rings (SSSR count). The Labute approximate surface area is 157 Å². The lowest BCUT2D eigenvalue weighted by Crippen LogP contribution is -2.42. The van der Waals surface area contributed by atoms with Crippen molar-refractivity contribution in [3.05, 3.63) is 83.9 Å². The molecule has 0 spiro atoms. The van der Waals surface area contributed by atoms with Gasteiger partial charge in [-0.1, -0.05) is 72.8 Å². The van der Waals surface area contributed by atoms with E-state index >= 15 is 0 Å². The van der Waals surface area contributed by atoms with Crippen LogP contribution in [0, 0.1) is 0 Å². The SMILES string of the molecule is O=C(N[C@@H](Cc1cccc2ccccc12)C(=O)O)OCCc1ccccc1. The van der Waals surface area contributed by atoms with Crippen LogP contribution in [0.4, 0.5) is 4.79 Å². The summed E-state index contributed by atoms with van der Waals surface area (Å²) in [4.78, 5) is 23.6. The number of alkyl carbamates (subject to hydrolysis) is 1. The molecule has 0 bridgehead atoms. The monoisotopic (exact) mass is 363 g/mol. The number of carbonyl (C=O) groups excluding carboxylic acids is 1. The summed E-state index contributed by atoms with van der Waals surface area (Å²) >= 11 is 0. The zero-order chi connectivity index (χ0) is 19.1. The molecule has 1 atom stereocenters. The van der Waals surface area contributed by atoms with Gasteiger partial charge in [-0.2, -0.15) is 0 Å². The maximum absolute atomic E-state index is 12.0. The molecule has 0 radical (unpaired) electrons. The fraction of sp³-hybridized carbons (Fsp3) is 0.182. The van der Waals surface area contributed by atoms with Gasteiger partial charge in [-0.05, 0) is 21.9 Å². The number of rotatable bonds is 7. The van der Waals surface area contributed by atoms with Crippen molar-refractivity contribution in [3.63, 3.8) is 0 Å². The molecule has 0 heterocycles. The van der Waals surface area contributed by atoms with Gasteiger partial charge in [0.15, 0.2) is 0 Å². The average Bonchev–Trinajstić information content (AvgIpc) is 2.68. The molecule has 2 N–H and O–H groups in total. The number of fused-ring (bicyclic) bond motifs is 1. The number of carboxylic acids is 1. The van der Waals surface area contributed by atoms with E-state index in [9.17, 15) is 14.7 Å². The van der Waals surface area contributed by atoms with E-state index in [1.165, 1.54) is 0 Å². The Hall–Kier alpha value is -3.34. The summed E-state index contributed by atoms with van der Waals surface area (Å²) in [7, 11) is 0. The summed E-state index contributed by atoms with van der Waals surface area (Å²) in [5.41, 5.74) is 1.92. The van der Waals surface area contributed by atoms with Crippen LogP contribution in [0.3, 0.4) is 0 Å². The van der Waals surface area contributed by atoms with Gasteiger partial charge < -0.3 is 15.2 Å². The maximum atomic E-state index is 12.0. The molecule has 1 amide bonds. The lowest BCUT2D eigenvalue weighted by molar-refractivity contribution is -0.139. The molecule has 3 aromatic carbocycles. The number of ether oxygens (including phenoxy) is 1. The van der Waals surface area contributed by atoms with Crippen molar-refractivity contribution < 1.29 is 19.4 Å². The van der Waals surface area contributed by atoms with Crippen LogP contribution in [0.25, 0.3) is 10.8 Å². The van der Waals surface area contributed by atoms with Crippen molar-refractivity contribution in [1.29, 1.82) is 0 Å². The van der Waals surface area contributed by atoms with E-state index in [-0.39, 0.29) is 13.0 Å². The highest BCUT2D eigenvalue weighted by molar-refractivity contribution is 5.87. The summed E-state index contributed by atoms with van der Waals surface area (Å²) < 4.78 is 5.14. The molecule has 0 unspecified atom stereocenters. The van der Waals surface area contributed by atoms with Gasteiger partial charge in [0, 0.05) is 12.8 Å². The van der Waals surface area contributed by atoms with Crippen molar-refractivity contribution in [2.45, 2.75) is 18.9 Å². The third-order valence-electron chi connectivity index (χ3n) is 4.36. The summed E-state index contributed by atoms with van der Waals surface area (Å²) in [6.45, 7) is 0.191. The first-order valence-corrected chi connectivity index (χ1v) is 8.80. The summed E-state index contributed by atoms with van der Waals surface area (Å²) in [5, 5.41) is 14.0. The average molecular weight is 363 g/mol. The van der Waals surface area contributed by atoms with Crippen LogP contribution >= 0.6 is 0 Å². The molecule has 0 fully saturated rings. The van der Waals surface area contributed by atoms with E-state index in [4.69, 9.17) is 4.74 Å². The number of benzene rings is 3. The van der Waals surface area contributed by atoms with Gasteiger partial charge >= 0.3 is 12.1 Å². The highest BCUT2D eigenvalue weighted by atomic mass is 16.5. The van der Waals surface area contributed by atoms with Crippen molar-refractivity contribution in [2.75, 3.05) is 6.61 Å². The molecule has 5 nitrogen and oxygen atoms in total. The topological polar surface area (TPSA) is 75.6 Å². The lowest BCUT2D eigenvalue weighted by atomic mass is 9.99. The second-order valence-electron chi connectivity index (χ2n) is 6.25. The zero-order valence-corrected chi connectivity index (χ0v) is 14.8. The molecule has 27 heavy (non-hydrogen) atoms. The Balaban J connectivity index is 1.60. The lowest BCUT2D eigenvalue weighted by Gasteiger charge is -2.16. The molecule has 0 aliphatic rings. The number of carbonyl (C=O) groups is 2. The second kappa shape index (κ2) is 8.85. The molecule has 0 aromatic heterocycles. The van der Waals surface area contributed by atoms with Gasteiger partial charge in [0.05, 0.1) is 6.61 Å². The van der Waals surface area contributed by atoms with Crippen LogP contribution in [0.1, 0.15) is 11.1 Å². The molecule has 0 saturated carbocycles. The molecule has 0 saturated heterocycles. The second-order valence-corrected chi connectivity index (χ2v) is 6.25. The van der Waals surface area contributed by atoms with Crippen LogP contribution < -0.4 is 5.32 Å². The Kier molecular flexibility index (Phi) is 6.05. The number of aliphatic carboxylic acids is 1. The predicted octanol–water partition coefficient (Wildman–Crippen LogP) is 3.80. The fourth-order valence-electron chi connectivity index (χ4n) is 2.98. The minimum atomic E-state index is -1.09. The van der Waals surface area contributed by atoms with Crippen molar-refractivity contribution in [1.82, 2.24) is 5.32 Å². The summed E-state index contributed by atoms with van der Waals surface area (Å²) in [6, 6.07) is 22.1. The predicted molar refractivity (Wildman–Crippen MR) is 104 cm³/mol. The van der Waals surface area contributed by atoms with E-state index in [0.717, 1.165) is 21.9 Å². The van der Waals surface area contributed by atoms with Gasteiger partial charge in [-0.25, -0.2) is 9.59 Å². The number of nitrogens with one attached hydrogen (secondary N) is 1. The first-order valence-electron chi connectivity index (χ1n) is 8.80. The Morgan fingerprint density at radius 1 is 0.926 bits per heavy atom. The van der Waals surface area contributed by atoms with Gasteiger partial charge in [-0.15, -0.1) is 0 Å². The third kappa shape index (κ3) is 5.07. The van der Waals surface area contributed by atoms with Crippen LogP contribution in [0.5, 0.6) is 0 Å². The molecule has 138 valence electrons. The minimum Gasteiger partial charge on any atom is -0.480 e. The van der Waals surface area contributed by atoms with Crippen molar-refractivity contribution in [2.24, 2.45) is 0 Å². The van der Waals surface area contributed by atoms with Crippen molar-refractivity contribution in [3.8, 4) is 0 Å². The fourth-order valence-corrected chi connectivity index (χ4v) is 2.98. The third-order valence-corrected chi connectivity index (χ3v) is 4.36. The van der Waals surface area contributed by atoms with E-state index in [2.05, 4.69) is 5.32 Å². The van der Waals surface area contributed by atoms with E-state index in [0.29, 0.717) is 6.42 Å². The highest BCUT2D eigenvalue weighted by Gasteiger charge is 2.22. The highest BCUT2D eigenvalue weighted by Crippen LogP contribution is 2.20. The molecular formula is C22H21NO4. The minimum absolute atomic E-state index is 0.185. The van der Waals surface area contributed by atoms with Crippen LogP contribution in [0.2, 0.25) is 0 Å². The van der Waals surface area contributed by atoms with E-state index < -0.39 is 18.1 Å². The number of carboxylic acid groups (broad SMARTS) is 1. The number of amides is 1. The smallest absolute Gasteiger partial charge is 0.407 e. The van der Waals surface area contributed by atoms with Gasteiger partial charge in [0.2, 0.25) is 0 Å². The molecule has 5 heteroatoms. The number of hydrogen-bond donors (Lipinski definition) is 2. The Bertz CT molecular complexity index is 919. The Morgan fingerprint density at radius 3 is 2.41 bits per heavy atom. The first-order chi connectivity index (χ1) is 13.1. The van der Waals surface area contributed by atoms with Gasteiger partial charge in [0.1, 0.15) is 6.04 Å². The molecule has 0 aliphatic carbocycles. The largest absolute Gasteiger partial charge is 0.480 e. The molecule has 3 aromatic rings. The molecular weight excluding hydrogens is 342 g/mol. The van der Waals surface area contributed by atoms with E-state index in [1.807, 2.05) is 72.8 Å². The van der Waals surface area contributed by atoms with E-state index in [1.54, 1.807) is 0 Å². The quantitative estimate of drug-likeness (QED) is 0.669. The Morgan fingerprint density at radius 2 is 1.63 bits per heavy atom. The molecule has 0 aliphatic heterocycles. The normalized spacial score (nSPS) is 11.7. The van der Waals surface area contributed by atoms with Gasteiger partial charge in [-0.3, -0.25) is 0 Å². The maximum Gasteiger partial charge on any atom is 0.407 e. The zero-order valence-electron chi connectivity index (χ0n) is 14.8. The first kappa shape index (κ1) is 18.5. The summed E-state index contributed by atoms with van der Waals surface area (Å²) in [6.07, 6.45) is 0.0401. The van der Waals surface area contributed by atoms with Crippen LogP contribution in [-0.2, 0) is 22.4 Å². The van der Waals surface area contributed by atoms with Crippen LogP contribution in [0.15, 0.2) is 72.8 Å². The summed E-state index contributed by atoms with van der Waals surface area (Å²) in [5.74, 6) is -1.09. The van der Waals surface area contributed by atoms with Crippen molar-refractivity contribution >= 4 is 22.8 Å².